The zero-order valence-corrected chi connectivity index (χ0v) is 46.3. The maximum atomic E-state index is 7.00. The fourth-order valence-electron chi connectivity index (χ4n) is 6.49. The third-order valence-electron chi connectivity index (χ3n) is 9.29. The number of hydrogen-bond donors (Lipinski definition) is 2. The summed E-state index contributed by atoms with van der Waals surface area (Å²) in [6.07, 6.45) is 0. The molecule has 0 aliphatic heterocycles. The van der Waals surface area contributed by atoms with E-state index in [0.29, 0.717) is 6.79 Å². The molecule has 2 N–H and O–H groups in total. The zero-order chi connectivity index (χ0) is 42.5. The molecule has 0 aliphatic rings. The van der Waals surface area contributed by atoms with Crippen molar-refractivity contribution in [3.8, 4) is 34.1 Å². The summed E-state index contributed by atoms with van der Waals surface area (Å²) in [5.74, 6) is 4.01. The first-order valence-electron chi connectivity index (χ1n) is 17.9. The van der Waals surface area contributed by atoms with Crippen molar-refractivity contribution in [1.82, 2.24) is 0 Å². The molecule has 0 aliphatic carbocycles. The minimum absolute atomic E-state index is 0. The van der Waals surface area contributed by atoms with Crippen LogP contribution in [-0.2, 0) is 74.9 Å². The van der Waals surface area contributed by atoms with Crippen molar-refractivity contribution < 1.29 is 104 Å². The SMILES string of the molecule is C.C.C.C.CO.CO.COCOC.COc1c(C)cc(-c2cc(C)c(OC)c(C)c2C)c(C)c1C.COc1c(C)cc(C)c(C)c1C.COc1c(C)cc(C)cc1C.[CH3-].[CH3-].[Y].[Y]. The Morgan fingerprint density at radius 3 is 0.823 bits per heavy atom. The molecule has 0 amide bonds. The first-order chi connectivity index (χ1) is 25.5. The second-order valence-electron chi connectivity index (χ2n) is 13.0. The number of methoxy groups -OCH3 is 6. The van der Waals surface area contributed by atoms with Gasteiger partial charge in [-0.15, -0.1) is 0 Å². The van der Waals surface area contributed by atoms with Crippen LogP contribution in [0.1, 0.15) is 102 Å². The van der Waals surface area contributed by atoms with Gasteiger partial charge in [-0.25, -0.2) is 0 Å². The molecular weight excluding hydrogens is 930 g/mol. The minimum atomic E-state index is 0. The Morgan fingerprint density at radius 1 is 0.339 bits per heavy atom. The van der Waals surface area contributed by atoms with Gasteiger partial charge in [-0.1, -0.05) is 53.5 Å². The summed E-state index contributed by atoms with van der Waals surface area (Å²) in [6.45, 7) is 27.9. The van der Waals surface area contributed by atoms with E-state index < -0.39 is 0 Å². The van der Waals surface area contributed by atoms with E-state index in [1.165, 1.54) is 83.5 Å². The van der Waals surface area contributed by atoms with Crippen LogP contribution in [0.25, 0.3) is 11.1 Å². The smallest absolute Gasteiger partial charge is 0.145 e. The Bertz CT molecular complexity index is 1650. The van der Waals surface area contributed by atoms with Crippen molar-refractivity contribution >= 4 is 0 Å². The van der Waals surface area contributed by atoms with Crippen molar-refractivity contribution in [3.05, 3.63) is 118 Å². The molecule has 0 atom stereocenters. The molecule has 62 heavy (non-hydrogen) atoms. The molecule has 0 aromatic heterocycles. The predicted octanol–water partition coefficient (Wildman–Crippen LogP) is 13.7. The van der Waals surface area contributed by atoms with E-state index in [9.17, 15) is 0 Å². The van der Waals surface area contributed by atoms with Crippen LogP contribution in [-0.4, -0.2) is 73.9 Å². The van der Waals surface area contributed by atoms with Crippen LogP contribution >= 0.6 is 0 Å². The fourth-order valence-corrected chi connectivity index (χ4v) is 6.49. The summed E-state index contributed by atoms with van der Waals surface area (Å²) in [7, 11) is 12.1. The molecule has 4 aromatic carbocycles. The molecule has 0 spiro atoms. The quantitative estimate of drug-likeness (QED) is 0.140. The van der Waals surface area contributed by atoms with Gasteiger partial charge in [0.2, 0.25) is 0 Å². The van der Waals surface area contributed by atoms with Crippen LogP contribution in [0.3, 0.4) is 0 Å². The molecule has 4 rings (SSSR count). The van der Waals surface area contributed by atoms with E-state index in [-0.39, 0.29) is 110 Å². The van der Waals surface area contributed by atoms with Gasteiger partial charge in [0, 0.05) is 93.9 Å². The standard InChI is InChI=1S/C20H26O2.C11H16O.C10H14O.C3H8O2.2CH4O.4CH4.2CH3.2Y/c1-11-9-17(13(3)15(5)19(11)21-7)18-10-12(2)20(22-8)16(6)14(18)4;1-7-6-8(2)11(12-5)10(4)9(7)3;1-7-5-8(2)10(11-4)9(3)6-7;1-4-3-5-2;2*1-2;;;;;;;;/h9-10H,1-8H3;6H,1-5H3;5-6H,1-4H3;3H2,1-2H3;2*2H,1H3;4*1H4;2*1H3;;/q;;;;;;;;;;2*-1;;. The van der Waals surface area contributed by atoms with Crippen LogP contribution in [0.4, 0.5) is 0 Å². The molecule has 358 valence electrons. The summed E-state index contributed by atoms with van der Waals surface area (Å²) in [4.78, 5) is 0. The number of hydrogen-bond acceptors (Lipinski definition) is 8. The topological polar surface area (TPSA) is 95.8 Å². The molecule has 10 heteroatoms. The first-order valence-corrected chi connectivity index (χ1v) is 17.9. The zero-order valence-electron chi connectivity index (χ0n) is 40.6. The normalized spacial score (nSPS) is 8.37. The molecule has 2 radical (unpaired) electrons. The van der Waals surface area contributed by atoms with Crippen molar-refractivity contribution in [3.63, 3.8) is 0 Å². The van der Waals surface area contributed by atoms with Crippen LogP contribution in [0, 0.1) is 105 Å². The van der Waals surface area contributed by atoms with Gasteiger partial charge in [0.15, 0.2) is 0 Å². The van der Waals surface area contributed by atoms with E-state index in [2.05, 4.69) is 130 Å². The third-order valence-corrected chi connectivity index (χ3v) is 9.29. The number of aliphatic hydroxyl groups is 2. The molecule has 0 saturated heterocycles. The average Bonchev–Trinajstić information content (AvgIpc) is 3.14. The Kier molecular flexibility index (Phi) is 59.8. The molecule has 8 nitrogen and oxygen atoms in total. The minimum Gasteiger partial charge on any atom is -0.496 e. The van der Waals surface area contributed by atoms with Gasteiger partial charge in [-0.05, 0) is 180 Å². The molecule has 0 unspecified atom stereocenters. The summed E-state index contributed by atoms with van der Waals surface area (Å²) < 4.78 is 30.6. The third kappa shape index (κ3) is 24.4. The van der Waals surface area contributed by atoms with Crippen molar-refractivity contribution in [2.24, 2.45) is 0 Å². The molecule has 4 aromatic rings. The summed E-state index contributed by atoms with van der Waals surface area (Å²) in [6, 6.07) is 10.9. The Hall–Kier alpha value is -1.87. The number of aliphatic hydroxyl groups excluding tert-OH is 2. The summed E-state index contributed by atoms with van der Waals surface area (Å²) >= 11 is 0. The first kappa shape index (κ1) is 83.7. The van der Waals surface area contributed by atoms with E-state index in [1.807, 2.05) is 0 Å². The molecule has 0 heterocycles. The van der Waals surface area contributed by atoms with Crippen LogP contribution in [0.2, 0.25) is 0 Å². The van der Waals surface area contributed by atoms with Gasteiger partial charge in [0.05, 0.1) is 28.4 Å². The second-order valence-corrected chi connectivity index (χ2v) is 13.0. The van der Waals surface area contributed by atoms with Gasteiger partial charge in [0.25, 0.3) is 0 Å². The Labute approximate surface area is 435 Å². The molecule has 0 fully saturated rings. The second kappa shape index (κ2) is 44.3. The average molecular weight is 1030 g/mol. The predicted molar refractivity (Wildman–Crippen MR) is 267 cm³/mol. The van der Waals surface area contributed by atoms with Crippen molar-refractivity contribution in [1.29, 1.82) is 0 Å². The summed E-state index contributed by atoms with van der Waals surface area (Å²) in [5.41, 5.74) is 18.7. The largest absolute Gasteiger partial charge is 0.496 e. The molecular formula is C52H94O8Y2-2. The maximum Gasteiger partial charge on any atom is 0.145 e. The van der Waals surface area contributed by atoms with Gasteiger partial charge in [0.1, 0.15) is 29.8 Å². The van der Waals surface area contributed by atoms with E-state index in [0.717, 1.165) is 37.2 Å². The van der Waals surface area contributed by atoms with E-state index >= 15 is 0 Å². The van der Waals surface area contributed by atoms with Crippen molar-refractivity contribution in [2.75, 3.05) is 63.7 Å². The maximum absolute atomic E-state index is 7.00. The number of rotatable bonds is 7. The van der Waals surface area contributed by atoms with Crippen LogP contribution in [0.5, 0.6) is 23.0 Å². The van der Waals surface area contributed by atoms with E-state index in [4.69, 9.17) is 29.2 Å². The van der Waals surface area contributed by atoms with Crippen LogP contribution < -0.4 is 18.9 Å². The van der Waals surface area contributed by atoms with Crippen LogP contribution in [0.15, 0.2) is 30.3 Å². The van der Waals surface area contributed by atoms with Gasteiger partial charge in [-0.2, -0.15) is 0 Å². The van der Waals surface area contributed by atoms with Crippen molar-refractivity contribution in [2.45, 2.75) is 120 Å². The fraction of sp³-hybridized carbons (Fsp3) is 0.500. The molecule has 0 bridgehead atoms. The van der Waals surface area contributed by atoms with Gasteiger partial charge in [-0.3, -0.25) is 0 Å². The van der Waals surface area contributed by atoms with E-state index in [1.54, 1.807) is 42.7 Å². The summed E-state index contributed by atoms with van der Waals surface area (Å²) in [5, 5.41) is 14.0. The van der Waals surface area contributed by atoms with Gasteiger partial charge >= 0.3 is 0 Å². The monoisotopic (exact) mass is 1020 g/mol. The Balaban J connectivity index is -0.0000000737. The Morgan fingerprint density at radius 2 is 0.581 bits per heavy atom. The van der Waals surface area contributed by atoms with Gasteiger partial charge < -0.3 is 53.5 Å². The molecule has 0 saturated carbocycles. The number of aryl methyl sites for hydroxylation is 7. The number of benzene rings is 4. The number of ether oxygens (including phenoxy) is 6.